The van der Waals surface area contributed by atoms with Gasteiger partial charge in [0, 0.05) is 16.9 Å². The molecule has 1 heterocycles. The fraction of sp³-hybridized carbons (Fsp3) is 0.462. The van der Waals surface area contributed by atoms with Gasteiger partial charge in [0.25, 0.3) is 0 Å². The van der Waals surface area contributed by atoms with Gasteiger partial charge in [0.1, 0.15) is 0 Å². The Bertz CT molecular complexity index is 677. The highest BCUT2D eigenvalue weighted by molar-refractivity contribution is 9.10. The fourth-order valence-corrected chi connectivity index (χ4v) is 2.57. The van der Waals surface area contributed by atoms with Crippen LogP contribution < -0.4 is 11.0 Å². The van der Waals surface area contributed by atoms with Crippen molar-refractivity contribution >= 4 is 32.7 Å². The van der Waals surface area contributed by atoms with Gasteiger partial charge in [-0.3, -0.25) is 0 Å². The molecule has 0 aliphatic carbocycles. The highest BCUT2D eigenvalue weighted by Crippen LogP contribution is 2.28. The first-order valence-corrected chi connectivity index (χ1v) is 7.29. The van der Waals surface area contributed by atoms with Crippen molar-refractivity contribution in [3.05, 3.63) is 27.1 Å². The third kappa shape index (κ3) is 4.52. The molecule has 1 unspecified atom stereocenters. The standard InChI is InChI=1S/C13H15BrF3N3O/c1-7(3-2-4-13(15,16)17)18-9-6-11-10(5-8(9)14)19-12(21)20-11/h5-7,18H,2-4H2,1H3,(H2,19,20,21). The maximum Gasteiger partial charge on any atom is 0.389 e. The molecule has 2 aromatic rings. The summed E-state index contributed by atoms with van der Waals surface area (Å²) in [5, 5.41) is 3.15. The molecule has 116 valence electrons. The Balaban J connectivity index is 2.01. The van der Waals surface area contributed by atoms with Gasteiger partial charge in [0.05, 0.1) is 16.7 Å². The number of alkyl halides is 3. The lowest BCUT2D eigenvalue weighted by Gasteiger charge is -2.17. The zero-order chi connectivity index (χ0) is 15.6. The summed E-state index contributed by atoms with van der Waals surface area (Å²) in [6.45, 7) is 1.83. The van der Waals surface area contributed by atoms with E-state index in [-0.39, 0.29) is 18.2 Å². The number of rotatable bonds is 5. The average Bonchev–Trinajstić information content (AvgIpc) is 2.67. The Kier molecular flexibility index (Phi) is 4.65. The van der Waals surface area contributed by atoms with Crippen LogP contribution in [0.4, 0.5) is 18.9 Å². The van der Waals surface area contributed by atoms with Gasteiger partial charge in [-0.15, -0.1) is 0 Å². The van der Waals surface area contributed by atoms with Crippen LogP contribution in [0.15, 0.2) is 21.4 Å². The van der Waals surface area contributed by atoms with E-state index in [9.17, 15) is 18.0 Å². The number of H-pyrrole nitrogens is 2. The van der Waals surface area contributed by atoms with E-state index in [0.29, 0.717) is 17.5 Å². The van der Waals surface area contributed by atoms with Crippen LogP contribution in [0.5, 0.6) is 0 Å². The van der Waals surface area contributed by atoms with Crippen molar-refractivity contribution in [3.8, 4) is 0 Å². The molecule has 0 amide bonds. The number of benzene rings is 1. The highest BCUT2D eigenvalue weighted by Gasteiger charge is 2.26. The summed E-state index contributed by atoms with van der Waals surface area (Å²) in [7, 11) is 0. The number of nitrogens with one attached hydrogen (secondary N) is 3. The van der Waals surface area contributed by atoms with Gasteiger partial charge in [-0.05, 0) is 47.8 Å². The van der Waals surface area contributed by atoms with Gasteiger partial charge in [0.2, 0.25) is 0 Å². The van der Waals surface area contributed by atoms with Crippen LogP contribution >= 0.6 is 15.9 Å². The molecule has 0 aliphatic rings. The summed E-state index contributed by atoms with van der Waals surface area (Å²) >= 11 is 3.38. The van der Waals surface area contributed by atoms with Crippen LogP contribution in [0.2, 0.25) is 0 Å². The van der Waals surface area contributed by atoms with Crippen molar-refractivity contribution in [2.45, 2.75) is 38.4 Å². The van der Waals surface area contributed by atoms with Crippen LogP contribution in [0.3, 0.4) is 0 Å². The Morgan fingerprint density at radius 2 is 1.90 bits per heavy atom. The fourth-order valence-electron chi connectivity index (χ4n) is 2.11. The van der Waals surface area contributed by atoms with Gasteiger partial charge in [-0.25, -0.2) is 4.79 Å². The maximum atomic E-state index is 12.1. The molecule has 21 heavy (non-hydrogen) atoms. The van der Waals surface area contributed by atoms with Crippen molar-refractivity contribution < 1.29 is 13.2 Å². The minimum Gasteiger partial charge on any atom is -0.382 e. The molecule has 1 aromatic heterocycles. The van der Waals surface area contributed by atoms with E-state index in [1.807, 2.05) is 6.92 Å². The summed E-state index contributed by atoms with van der Waals surface area (Å²) in [6, 6.07) is 3.39. The molecule has 2 rings (SSSR count). The summed E-state index contributed by atoms with van der Waals surface area (Å²) in [5.74, 6) is 0. The van der Waals surface area contributed by atoms with E-state index in [4.69, 9.17) is 0 Å². The predicted molar refractivity (Wildman–Crippen MR) is 79.6 cm³/mol. The molecule has 4 nitrogen and oxygen atoms in total. The molecule has 0 aliphatic heterocycles. The van der Waals surface area contributed by atoms with E-state index in [1.165, 1.54) is 0 Å². The molecule has 0 saturated carbocycles. The Morgan fingerprint density at radius 1 is 1.29 bits per heavy atom. The van der Waals surface area contributed by atoms with E-state index in [0.717, 1.165) is 10.2 Å². The number of imidazole rings is 1. The van der Waals surface area contributed by atoms with Gasteiger partial charge in [0.15, 0.2) is 0 Å². The molecule has 0 spiro atoms. The predicted octanol–water partition coefficient (Wildman–Crippen LogP) is 4.15. The number of aromatic nitrogens is 2. The molecule has 8 heteroatoms. The van der Waals surface area contributed by atoms with Gasteiger partial charge in [-0.2, -0.15) is 13.2 Å². The van der Waals surface area contributed by atoms with Crippen molar-refractivity contribution in [2.24, 2.45) is 0 Å². The molecule has 1 aromatic carbocycles. The topological polar surface area (TPSA) is 60.7 Å². The summed E-state index contributed by atoms with van der Waals surface area (Å²) in [4.78, 5) is 16.5. The zero-order valence-electron chi connectivity index (χ0n) is 11.3. The monoisotopic (exact) mass is 365 g/mol. The van der Waals surface area contributed by atoms with Crippen LogP contribution in [-0.2, 0) is 0 Å². The lowest BCUT2D eigenvalue weighted by molar-refractivity contribution is -0.135. The first-order chi connectivity index (χ1) is 9.74. The Hall–Kier alpha value is -1.44. The Labute approximate surface area is 127 Å². The smallest absolute Gasteiger partial charge is 0.382 e. The molecule has 0 fully saturated rings. The lowest BCUT2D eigenvalue weighted by Crippen LogP contribution is -2.17. The van der Waals surface area contributed by atoms with Crippen LogP contribution in [0.1, 0.15) is 26.2 Å². The van der Waals surface area contributed by atoms with Crippen molar-refractivity contribution in [1.29, 1.82) is 0 Å². The van der Waals surface area contributed by atoms with Crippen molar-refractivity contribution in [3.63, 3.8) is 0 Å². The average molecular weight is 366 g/mol. The molecule has 1 atom stereocenters. The van der Waals surface area contributed by atoms with Crippen LogP contribution in [0, 0.1) is 0 Å². The van der Waals surface area contributed by atoms with Gasteiger partial charge < -0.3 is 15.3 Å². The number of halogens is 4. The van der Waals surface area contributed by atoms with E-state index < -0.39 is 12.6 Å². The summed E-state index contributed by atoms with van der Waals surface area (Å²) < 4.78 is 37.1. The normalized spacial score (nSPS) is 13.6. The number of fused-ring (bicyclic) bond motifs is 1. The number of hydrogen-bond donors (Lipinski definition) is 3. The summed E-state index contributed by atoms with van der Waals surface area (Å²) in [6.07, 6.45) is -4.39. The molecule has 0 bridgehead atoms. The maximum absolute atomic E-state index is 12.1. The van der Waals surface area contributed by atoms with Crippen molar-refractivity contribution in [2.75, 3.05) is 5.32 Å². The van der Waals surface area contributed by atoms with Gasteiger partial charge >= 0.3 is 11.9 Å². The largest absolute Gasteiger partial charge is 0.389 e. The van der Waals surface area contributed by atoms with Crippen LogP contribution in [0.25, 0.3) is 11.0 Å². The SMILES string of the molecule is CC(CCCC(F)(F)F)Nc1cc2[nH]c(=O)[nH]c2cc1Br. The number of aromatic amines is 2. The minimum absolute atomic E-state index is 0.0819. The van der Waals surface area contributed by atoms with Gasteiger partial charge in [-0.1, -0.05) is 0 Å². The van der Waals surface area contributed by atoms with E-state index in [2.05, 4.69) is 31.2 Å². The summed E-state index contributed by atoms with van der Waals surface area (Å²) in [5.41, 5.74) is 1.75. The second-order valence-corrected chi connectivity index (χ2v) is 5.86. The highest BCUT2D eigenvalue weighted by atomic mass is 79.9. The second-order valence-electron chi connectivity index (χ2n) is 5.01. The zero-order valence-corrected chi connectivity index (χ0v) is 12.9. The first kappa shape index (κ1) is 15.9. The Morgan fingerprint density at radius 3 is 2.52 bits per heavy atom. The second kappa shape index (κ2) is 6.13. The molecule has 0 radical (unpaired) electrons. The third-order valence-electron chi connectivity index (χ3n) is 3.10. The molecule has 3 N–H and O–H groups in total. The molecular weight excluding hydrogens is 351 g/mol. The van der Waals surface area contributed by atoms with Crippen molar-refractivity contribution in [1.82, 2.24) is 9.97 Å². The quantitative estimate of drug-likeness (QED) is 0.745. The molecule has 0 saturated heterocycles. The van der Waals surface area contributed by atoms with Crippen LogP contribution in [-0.4, -0.2) is 22.2 Å². The van der Waals surface area contributed by atoms with E-state index in [1.54, 1.807) is 12.1 Å². The third-order valence-corrected chi connectivity index (χ3v) is 3.76. The lowest BCUT2D eigenvalue weighted by atomic mass is 10.1. The number of hydrogen-bond acceptors (Lipinski definition) is 2. The minimum atomic E-state index is -4.11. The molecular formula is C13H15BrF3N3O. The van der Waals surface area contributed by atoms with E-state index >= 15 is 0 Å². The first-order valence-electron chi connectivity index (χ1n) is 6.49. The number of anilines is 1.